The molecule has 1 heterocycles. The molecule has 0 aliphatic rings. The summed E-state index contributed by atoms with van der Waals surface area (Å²) in [5.41, 5.74) is 6.86. The molecule has 112 valence electrons. The summed E-state index contributed by atoms with van der Waals surface area (Å²) < 4.78 is 2.79. The van der Waals surface area contributed by atoms with Crippen molar-refractivity contribution in [1.82, 2.24) is 9.78 Å². The van der Waals surface area contributed by atoms with Crippen molar-refractivity contribution in [3.63, 3.8) is 0 Å². The van der Waals surface area contributed by atoms with Gasteiger partial charge in [0.05, 0.1) is 18.7 Å². The molecule has 1 aromatic carbocycles. The number of hydrogen-bond donors (Lipinski definition) is 2. The minimum Gasteiger partial charge on any atom is -0.327 e. The Kier molecular flexibility index (Phi) is 5.14. The maximum absolute atomic E-state index is 12.1. The Bertz CT molecular complexity index is 606. The zero-order chi connectivity index (χ0) is 15.4. The first-order valence-corrected chi connectivity index (χ1v) is 7.59. The van der Waals surface area contributed by atoms with Crippen LogP contribution >= 0.6 is 15.9 Å². The molecule has 3 N–H and O–H groups in total. The number of amides is 1. The number of benzene rings is 1. The summed E-state index contributed by atoms with van der Waals surface area (Å²) in [6.07, 6.45) is 1.67. The van der Waals surface area contributed by atoms with Gasteiger partial charge in [0.15, 0.2) is 0 Å². The van der Waals surface area contributed by atoms with Crippen LogP contribution in [0.2, 0.25) is 0 Å². The third kappa shape index (κ3) is 4.15. The lowest BCUT2D eigenvalue weighted by Gasteiger charge is -2.16. The van der Waals surface area contributed by atoms with Crippen LogP contribution in [0, 0.1) is 5.92 Å². The molecule has 1 amide bonds. The highest BCUT2D eigenvalue weighted by Gasteiger charge is 2.18. The van der Waals surface area contributed by atoms with Crippen LogP contribution in [0.4, 0.5) is 5.82 Å². The maximum atomic E-state index is 12.1. The van der Waals surface area contributed by atoms with E-state index in [0.29, 0.717) is 12.4 Å². The summed E-state index contributed by atoms with van der Waals surface area (Å²) in [5.74, 6) is 0.332. The highest BCUT2D eigenvalue weighted by molar-refractivity contribution is 9.10. The van der Waals surface area contributed by atoms with Crippen LogP contribution in [0.5, 0.6) is 0 Å². The lowest BCUT2D eigenvalue weighted by molar-refractivity contribution is -0.119. The van der Waals surface area contributed by atoms with E-state index in [1.54, 1.807) is 16.9 Å². The van der Waals surface area contributed by atoms with Crippen LogP contribution in [-0.4, -0.2) is 21.7 Å². The molecule has 2 unspecified atom stereocenters. The molecule has 5 nitrogen and oxygen atoms in total. The van der Waals surface area contributed by atoms with Gasteiger partial charge in [0.1, 0.15) is 5.82 Å². The molecule has 2 aromatic rings. The van der Waals surface area contributed by atoms with Crippen LogP contribution in [0.25, 0.3) is 0 Å². The highest BCUT2D eigenvalue weighted by Crippen LogP contribution is 2.15. The number of nitrogens with one attached hydrogen (secondary N) is 1. The number of carbonyl (C=O) groups is 1. The molecule has 2 rings (SSSR count). The zero-order valence-corrected chi connectivity index (χ0v) is 13.7. The molecule has 0 bridgehead atoms. The number of nitrogens with zero attached hydrogens (tertiary/aromatic N) is 2. The number of halogens is 1. The molecule has 21 heavy (non-hydrogen) atoms. The Morgan fingerprint density at radius 2 is 2.00 bits per heavy atom. The van der Waals surface area contributed by atoms with Gasteiger partial charge < -0.3 is 11.1 Å². The minimum atomic E-state index is -0.249. The Morgan fingerprint density at radius 1 is 1.33 bits per heavy atom. The van der Waals surface area contributed by atoms with Crippen LogP contribution in [-0.2, 0) is 11.3 Å². The maximum Gasteiger partial charge on any atom is 0.229 e. The lowest BCUT2D eigenvalue weighted by Crippen LogP contribution is -2.34. The van der Waals surface area contributed by atoms with Gasteiger partial charge in [-0.3, -0.25) is 4.79 Å². The van der Waals surface area contributed by atoms with Crippen molar-refractivity contribution < 1.29 is 4.79 Å². The summed E-state index contributed by atoms with van der Waals surface area (Å²) in [6, 6.07) is 9.59. The van der Waals surface area contributed by atoms with E-state index in [4.69, 9.17) is 5.73 Å². The first kappa shape index (κ1) is 15.7. The lowest BCUT2D eigenvalue weighted by atomic mass is 10.0. The van der Waals surface area contributed by atoms with Crippen LogP contribution in [0.15, 0.2) is 41.0 Å². The molecule has 0 fully saturated rings. The smallest absolute Gasteiger partial charge is 0.229 e. The molecule has 6 heteroatoms. The van der Waals surface area contributed by atoms with E-state index < -0.39 is 0 Å². The molecule has 0 saturated carbocycles. The monoisotopic (exact) mass is 350 g/mol. The van der Waals surface area contributed by atoms with Crippen LogP contribution < -0.4 is 11.1 Å². The number of nitrogens with two attached hydrogens (primary N) is 1. The number of hydrogen-bond acceptors (Lipinski definition) is 3. The standard InChI is InChI=1S/C15H19BrN4O/c1-10(11(2)17)15(21)19-14-7-8-18-20(14)9-12-3-5-13(16)6-4-12/h3-8,10-11H,9,17H2,1-2H3,(H,19,21). The quantitative estimate of drug-likeness (QED) is 0.870. The van der Waals surface area contributed by atoms with Crippen molar-refractivity contribution in [3.8, 4) is 0 Å². The molecule has 0 aliphatic heterocycles. The molecular formula is C15H19BrN4O. The number of aromatic nitrogens is 2. The second kappa shape index (κ2) is 6.87. The van der Waals surface area contributed by atoms with Gasteiger partial charge in [-0.2, -0.15) is 5.10 Å². The van der Waals surface area contributed by atoms with E-state index in [-0.39, 0.29) is 17.9 Å². The van der Waals surface area contributed by atoms with E-state index in [1.807, 2.05) is 38.1 Å². The van der Waals surface area contributed by atoms with Gasteiger partial charge in [-0.15, -0.1) is 0 Å². The molecule has 1 aromatic heterocycles. The first-order valence-electron chi connectivity index (χ1n) is 6.80. The van der Waals surface area contributed by atoms with Gasteiger partial charge in [-0.1, -0.05) is 35.0 Å². The van der Waals surface area contributed by atoms with E-state index in [9.17, 15) is 4.79 Å². The predicted octanol–water partition coefficient (Wildman–Crippen LogP) is 2.62. The van der Waals surface area contributed by atoms with Gasteiger partial charge >= 0.3 is 0 Å². The fraction of sp³-hybridized carbons (Fsp3) is 0.333. The first-order chi connectivity index (χ1) is 9.97. The van der Waals surface area contributed by atoms with E-state index in [2.05, 4.69) is 26.3 Å². The van der Waals surface area contributed by atoms with Gasteiger partial charge in [-0.25, -0.2) is 4.68 Å². The normalized spacial score (nSPS) is 13.7. The van der Waals surface area contributed by atoms with Crippen LogP contribution in [0.3, 0.4) is 0 Å². The summed E-state index contributed by atoms with van der Waals surface area (Å²) in [6.45, 7) is 4.24. The molecule has 0 spiro atoms. The van der Waals surface area contributed by atoms with E-state index in [0.717, 1.165) is 10.0 Å². The second-order valence-electron chi connectivity index (χ2n) is 5.14. The van der Waals surface area contributed by atoms with Crippen LogP contribution in [0.1, 0.15) is 19.4 Å². The molecule has 0 aliphatic carbocycles. The summed E-state index contributed by atoms with van der Waals surface area (Å²) in [5, 5.41) is 7.13. The average Bonchev–Trinajstić information content (AvgIpc) is 2.87. The Hall–Kier alpha value is -1.66. The third-order valence-electron chi connectivity index (χ3n) is 3.42. The average molecular weight is 351 g/mol. The van der Waals surface area contributed by atoms with Crippen molar-refractivity contribution in [2.24, 2.45) is 11.7 Å². The van der Waals surface area contributed by atoms with Crippen molar-refractivity contribution in [2.75, 3.05) is 5.32 Å². The minimum absolute atomic E-state index is 0.0949. The Labute approximate surface area is 132 Å². The van der Waals surface area contributed by atoms with Crippen molar-refractivity contribution in [3.05, 3.63) is 46.6 Å². The largest absolute Gasteiger partial charge is 0.327 e. The fourth-order valence-electron chi connectivity index (χ4n) is 1.81. The summed E-state index contributed by atoms with van der Waals surface area (Å²) in [4.78, 5) is 12.1. The number of carbonyl (C=O) groups excluding carboxylic acids is 1. The molecule has 0 saturated heterocycles. The molecular weight excluding hydrogens is 332 g/mol. The highest BCUT2D eigenvalue weighted by atomic mass is 79.9. The van der Waals surface area contributed by atoms with Crippen molar-refractivity contribution in [1.29, 1.82) is 0 Å². The topological polar surface area (TPSA) is 72.9 Å². The van der Waals surface area contributed by atoms with Gasteiger partial charge in [-0.05, 0) is 24.6 Å². The molecule has 2 atom stereocenters. The zero-order valence-electron chi connectivity index (χ0n) is 12.1. The van der Waals surface area contributed by atoms with Gasteiger partial charge in [0.25, 0.3) is 0 Å². The molecule has 0 radical (unpaired) electrons. The summed E-state index contributed by atoms with van der Waals surface area (Å²) in [7, 11) is 0. The van der Waals surface area contributed by atoms with E-state index >= 15 is 0 Å². The number of rotatable bonds is 5. The van der Waals surface area contributed by atoms with Gasteiger partial charge in [0, 0.05) is 16.6 Å². The summed E-state index contributed by atoms with van der Waals surface area (Å²) >= 11 is 3.41. The third-order valence-corrected chi connectivity index (χ3v) is 3.94. The van der Waals surface area contributed by atoms with Crippen molar-refractivity contribution in [2.45, 2.75) is 26.4 Å². The van der Waals surface area contributed by atoms with Crippen molar-refractivity contribution >= 4 is 27.7 Å². The fourth-order valence-corrected chi connectivity index (χ4v) is 2.07. The Morgan fingerprint density at radius 3 is 2.62 bits per heavy atom. The second-order valence-corrected chi connectivity index (χ2v) is 6.05. The van der Waals surface area contributed by atoms with Gasteiger partial charge in [0.2, 0.25) is 5.91 Å². The predicted molar refractivity (Wildman–Crippen MR) is 86.9 cm³/mol. The number of anilines is 1. The SMILES string of the molecule is CC(N)C(C)C(=O)Nc1ccnn1Cc1ccc(Br)cc1. The Balaban J connectivity index is 2.08. The van der Waals surface area contributed by atoms with E-state index in [1.165, 1.54) is 0 Å².